The molecule has 302 valence electrons. The zero-order valence-corrected chi connectivity index (χ0v) is 35.3. The van der Waals surface area contributed by atoms with E-state index >= 15 is 0 Å². The van der Waals surface area contributed by atoms with Crippen molar-refractivity contribution in [2.45, 2.75) is 13.8 Å². The van der Waals surface area contributed by atoms with E-state index in [-0.39, 0.29) is 0 Å². The minimum Gasteiger partial charge on any atom is -0.309 e. The van der Waals surface area contributed by atoms with Crippen molar-refractivity contribution in [1.82, 2.24) is 29.1 Å². The summed E-state index contributed by atoms with van der Waals surface area (Å²) in [6.07, 6.45) is 1.85. The Morgan fingerprint density at radius 1 is 0.344 bits per heavy atom. The van der Waals surface area contributed by atoms with Crippen LogP contribution >= 0.6 is 0 Å². The number of pyridine rings is 1. The van der Waals surface area contributed by atoms with Crippen LogP contribution in [0.15, 0.2) is 206 Å². The fourth-order valence-electron chi connectivity index (χ4n) is 9.21. The van der Waals surface area contributed by atoms with Gasteiger partial charge in [-0.15, -0.1) is 0 Å². The van der Waals surface area contributed by atoms with Crippen LogP contribution in [0.5, 0.6) is 0 Å². The van der Waals surface area contributed by atoms with Crippen LogP contribution in [0.4, 0.5) is 0 Å². The van der Waals surface area contributed by atoms with Gasteiger partial charge in [-0.1, -0.05) is 151 Å². The van der Waals surface area contributed by atoms with Crippen molar-refractivity contribution < 1.29 is 0 Å². The zero-order chi connectivity index (χ0) is 42.7. The number of fused-ring (bicyclic) bond motifs is 6. The Bertz CT molecular complexity index is 3650. The lowest BCUT2D eigenvalue weighted by Crippen LogP contribution is -2.00. The summed E-state index contributed by atoms with van der Waals surface area (Å²) >= 11 is 0. The fraction of sp³-hybridized carbons (Fsp3) is 0.0345. The SMILES string of the molecule is Cc1ccc(-c2nc(-c3ccc(C)cc3)nc(-c3ccnc(-c4ccc5c6ccccc6n(-c6ccc(-c7cccc8c7c7ccccc7n8-c7ccccc7)cc6)c5c4)c3)n2)cc1. The fourth-order valence-corrected chi connectivity index (χ4v) is 9.21. The molecule has 0 saturated heterocycles. The minimum absolute atomic E-state index is 0.598. The van der Waals surface area contributed by atoms with Crippen LogP contribution < -0.4 is 0 Å². The Kier molecular flexibility index (Phi) is 8.83. The molecule has 64 heavy (non-hydrogen) atoms. The summed E-state index contributed by atoms with van der Waals surface area (Å²) in [7, 11) is 0. The van der Waals surface area contributed by atoms with Gasteiger partial charge in [-0.25, -0.2) is 15.0 Å². The number of rotatable bonds is 7. The lowest BCUT2D eigenvalue weighted by molar-refractivity contribution is 1.07. The van der Waals surface area contributed by atoms with Crippen LogP contribution in [0.3, 0.4) is 0 Å². The Morgan fingerprint density at radius 2 is 0.859 bits per heavy atom. The van der Waals surface area contributed by atoms with Gasteiger partial charge < -0.3 is 9.13 Å². The van der Waals surface area contributed by atoms with Crippen molar-refractivity contribution in [2.24, 2.45) is 0 Å². The molecule has 0 amide bonds. The van der Waals surface area contributed by atoms with Crippen LogP contribution in [-0.2, 0) is 0 Å². The highest BCUT2D eigenvalue weighted by atomic mass is 15.0. The van der Waals surface area contributed by atoms with Gasteiger partial charge in [0, 0.05) is 61.4 Å². The minimum atomic E-state index is 0.598. The molecule has 0 saturated carbocycles. The second-order valence-electron chi connectivity index (χ2n) is 16.5. The third-order valence-electron chi connectivity index (χ3n) is 12.4. The van der Waals surface area contributed by atoms with Gasteiger partial charge in [-0.3, -0.25) is 4.98 Å². The van der Waals surface area contributed by atoms with Crippen molar-refractivity contribution in [3.05, 3.63) is 218 Å². The average molecular weight is 821 g/mol. The van der Waals surface area contributed by atoms with E-state index in [2.05, 4.69) is 217 Å². The van der Waals surface area contributed by atoms with Crippen LogP contribution in [-0.4, -0.2) is 29.1 Å². The summed E-state index contributed by atoms with van der Waals surface area (Å²) < 4.78 is 4.75. The zero-order valence-electron chi connectivity index (χ0n) is 35.3. The standard InChI is InChI=1S/C58H40N6/c1-37-19-23-40(24-20-37)56-60-57(41-25-21-38(2)22-26-41)62-58(61-56)43-33-34-59-50(35-43)42-29-32-48-47-13-6-8-16-51(47)64(54(48)36-42)45-30-27-39(28-31-45)46-15-10-18-53-55(46)49-14-7-9-17-52(49)63(53)44-11-4-3-5-12-44/h3-36H,1-2H3. The largest absolute Gasteiger partial charge is 0.309 e. The Morgan fingerprint density at radius 3 is 1.55 bits per heavy atom. The first-order valence-corrected chi connectivity index (χ1v) is 21.6. The average Bonchev–Trinajstić information content (AvgIpc) is 3.87. The normalized spacial score (nSPS) is 11.6. The Balaban J connectivity index is 0.958. The molecule has 0 aliphatic rings. The summed E-state index contributed by atoms with van der Waals surface area (Å²) in [4.78, 5) is 19.9. The van der Waals surface area contributed by atoms with Gasteiger partial charge in [0.2, 0.25) is 0 Å². The molecule has 4 heterocycles. The molecular weight excluding hydrogens is 781 g/mol. The van der Waals surface area contributed by atoms with Crippen LogP contribution in [0.25, 0.3) is 112 Å². The summed E-state index contributed by atoms with van der Waals surface area (Å²) in [5, 5.41) is 4.87. The lowest BCUT2D eigenvalue weighted by atomic mass is 9.99. The lowest BCUT2D eigenvalue weighted by Gasteiger charge is -2.12. The number of nitrogens with zero attached hydrogens (tertiary/aromatic N) is 6. The monoisotopic (exact) mass is 820 g/mol. The van der Waals surface area contributed by atoms with E-state index in [1.54, 1.807) is 0 Å². The molecule has 12 aromatic rings. The molecule has 0 bridgehead atoms. The highest BCUT2D eigenvalue weighted by Gasteiger charge is 2.19. The van der Waals surface area contributed by atoms with Crippen molar-refractivity contribution in [2.75, 3.05) is 0 Å². The van der Waals surface area contributed by atoms with E-state index in [4.69, 9.17) is 19.9 Å². The molecule has 12 rings (SSSR count). The molecule has 6 heteroatoms. The molecule has 0 N–H and O–H groups in total. The number of benzene rings is 8. The number of aryl methyl sites for hydroxylation is 2. The highest BCUT2D eigenvalue weighted by Crippen LogP contribution is 2.40. The molecule has 0 aliphatic carbocycles. The third-order valence-corrected chi connectivity index (χ3v) is 12.4. The number of hydrogen-bond acceptors (Lipinski definition) is 4. The van der Waals surface area contributed by atoms with Crippen molar-refractivity contribution >= 4 is 43.6 Å². The molecule has 8 aromatic carbocycles. The second-order valence-corrected chi connectivity index (χ2v) is 16.5. The summed E-state index contributed by atoms with van der Waals surface area (Å²) in [5.74, 6) is 1.86. The topological polar surface area (TPSA) is 61.4 Å². The molecule has 0 aliphatic heterocycles. The maximum absolute atomic E-state index is 5.03. The maximum atomic E-state index is 5.03. The van der Waals surface area contributed by atoms with Gasteiger partial charge in [0.1, 0.15) is 0 Å². The molecular formula is C58H40N6. The van der Waals surface area contributed by atoms with Gasteiger partial charge in [-0.05, 0) is 85.6 Å². The molecule has 0 fully saturated rings. The van der Waals surface area contributed by atoms with Crippen LogP contribution in [0.1, 0.15) is 11.1 Å². The Labute approximate surface area is 370 Å². The molecule has 6 nitrogen and oxygen atoms in total. The van der Waals surface area contributed by atoms with Gasteiger partial charge >= 0.3 is 0 Å². The smallest absolute Gasteiger partial charge is 0.164 e. The van der Waals surface area contributed by atoms with E-state index in [1.165, 1.54) is 54.8 Å². The molecule has 4 aromatic heterocycles. The number of aromatic nitrogens is 6. The van der Waals surface area contributed by atoms with Crippen molar-refractivity contribution in [1.29, 1.82) is 0 Å². The molecule has 0 spiro atoms. The first kappa shape index (κ1) is 37.3. The third kappa shape index (κ3) is 6.35. The second kappa shape index (κ2) is 15.2. The van der Waals surface area contributed by atoms with Gasteiger partial charge in [0.15, 0.2) is 17.5 Å². The van der Waals surface area contributed by atoms with E-state index < -0.39 is 0 Å². The summed E-state index contributed by atoms with van der Waals surface area (Å²) in [6.45, 7) is 4.17. The first-order valence-electron chi connectivity index (χ1n) is 21.6. The van der Waals surface area contributed by atoms with Crippen molar-refractivity contribution in [3.8, 4) is 67.9 Å². The van der Waals surface area contributed by atoms with Crippen molar-refractivity contribution in [3.63, 3.8) is 0 Å². The highest BCUT2D eigenvalue weighted by molar-refractivity contribution is 6.16. The Hall–Kier alpha value is -8.48. The molecule has 0 radical (unpaired) electrons. The van der Waals surface area contributed by atoms with Gasteiger partial charge in [0.25, 0.3) is 0 Å². The number of hydrogen-bond donors (Lipinski definition) is 0. The van der Waals surface area contributed by atoms with E-state index in [0.717, 1.165) is 50.4 Å². The van der Waals surface area contributed by atoms with Gasteiger partial charge in [-0.2, -0.15) is 0 Å². The number of para-hydroxylation sites is 3. The molecule has 0 unspecified atom stereocenters. The van der Waals surface area contributed by atoms with Crippen LogP contribution in [0, 0.1) is 13.8 Å². The van der Waals surface area contributed by atoms with E-state index in [0.29, 0.717) is 17.5 Å². The first-order chi connectivity index (χ1) is 31.5. The summed E-state index contributed by atoms with van der Waals surface area (Å²) in [5.41, 5.74) is 16.2. The maximum Gasteiger partial charge on any atom is 0.164 e. The van der Waals surface area contributed by atoms with E-state index in [9.17, 15) is 0 Å². The van der Waals surface area contributed by atoms with Crippen LogP contribution in [0.2, 0.25) is 0 Å². The predicted octanol–water partition coefficient (Wildman–Crippen LogP) is 14.4. The van der Waals surface area contributed by atoms with E-state index in [1.807, 2.05) is 12.3 Å². The predicted molar refractivity (Wildman–Crippen MR) is 263 cm³/mol. The van der Waals surface area contributed by atoms with Gasteiger partial charge in [0.05, 0.1) is 27.8 Å². The quantitative estimate of drug-likeness (QED) is 0.161. The summed E-state index contributed by atoms with van der Waals surface area (Å²) in [6, 6.07) is 71.0. The molecule has 0 atom stereocenters.